The van der Waals surface area contributed by atoms with Gasteiger partial charge in [-0.05, 0) is 36.7 Å². The van der Waals surface area contributed by atoms with Crippen LogP contribution in [-0.4, -0.2) is 18.1 Å². The van der Waals surface area contributed by atoms with Crippen LogP contribution in [-0.2, 0) is 4.74 Å². The molecule has 0 amide bonds. The average Bonchev–Trinajstić information content (AvgIpc) is 2.50. The van der Waals surface area contributed by atoms with Crippen LogP contribution >= 0.6 is 11.8 Å². The first-order valence-electron chi connectivity index (χ1n) is 4.23. The molecule has 0 saturated carbocycles. The first-order chi connectivity index (χ1) is 5.43. The minimum atomic E-state index is 0.852. The summed E-state index contributed by atoms with van der Waals surface area (Å²) in [6.07, 6.45) is 5.47. The van der Waals surface area contributed by atoms with Crippen LogP contribution in [0.4, 0.5) is 0 Å². The van der Waals surface area contributed by atoms with Crippen molar-refractivity contribution in [1.29, 1.82) is 0 Å². The molecule has 1 atom stereocenters. The molecule has 64 valence electrons. The summed E-state index contributed by atoms with van der Waals surface area (Å²) in [6, 6.07) is 0. The summed E-state index contributed by atoms with van der Waals surface area (Å²) in [5.74, 6) is 3.70. The van der Waals surface area contributed by atoms with Crippen molar-refractivity contribution in [2.45, 2.75) is 19.3 Å². The van der Waals surface area contributed by atoms with Crippen LogP contribution in [0.15, 0.2) is 12.8 Å². The van der Waals surface area contributed by atoms with Crippen molar-refractivity contribution < 1.29 is 4.74 Å². The third kappa shape index (κ3) is 3.71. The zero-order chi connectivity index (χ0) is 7.94. The summed E-state index contributed by atoms with van der Waals surface area (Å²) in [4.78, 5) is 0. The highest BCUT2D eigenvalue weighted by Gasteiger charge is 2.14. The van der Waals surface area contributed by atoms with Gasteiger partial charge in [0.05, 0.1) is 12.9 Å². The molecule has 0 N–H and O–H groups in total. The molecule has 1 heterocycles. The molecule has 1 nitrogen and oxygen atoms in total. The molecule has 1 fully saturated rings. The first kappa shape index (κ1) is 8.98. The lowest BCUT2D eigenvalue weighted by Gasteiger charge is -2.06. The predicted molar refractivity (Wildman–Crippen MR) is 50.8 cm³/mol. The molecular formula is C9H16OS. The third-order valence-corrected chi connectivity index (χ3v) is 3.25. The highest BCUT2D eigenvalue weighted by Crippen LogP contribution is 2.26. The maximum Gasteiger partial charge on any atom is 0.0873 e. The van der Waals surface area contributed by atoms with Gasteiger partial charge >= 0.3 is 0 Å². The van der Waals surface area contributed by atoms with Gasteiger partial charge in [-0.15, -0.1) is 0 Å². The molecule has 0 bridgehead atoms. The van der Waals surface area contributed by atoms with Crippen LogP contribution in [0.2, 0.25) is 0 Å². The van der Waals surface area contributed by atoms with E-state index in [1.807, 2.05) is 0 Å². The van der Waals surface area contributed by atoms with Gasteiger partial charge in [-0.1, -0.05) is 6.58 Å². The monoisotopic (exact) mass is 172 g/mol. The predicted octanol–water partition coefficient (Wildman–Crippen LogP) is 2.68. The van der Waals surface area contributed by atoms with E-state index in [4.69, 9.17) is 4.74 Å². The van der Waals surface area contributed by atoms with Crippen LogP contribution in [0, 0.1) is 5.92 Å². The molecule has 11 heavy (non-hydrogen) atoms. The van der Waals surface area contributed by atoms with Crippen molar-refractivity contribution in [2.24, 2.45) is 5.92 Å². The Kier molecular flexibility index (Phi) is 4.51. The third-order valence-electron chi connectivity index (χ3n) is 2.02. The highest BCUT2D eigenvalue weighted by atomic mass is 32.2. The largest absolute Gasteiger partial charge is 0.502 e. The lowest BCUT2D eigenvalue weighted by atomic mass is 10.0. The Bertz CT molecular complexity index is 108. The molecule has 0 aromatic rings. The van der Waals surface area contributed by atoms with Gasteiger partial charge in [-0.2, -0.15) is 11.8 Å². The van der Waals surface area contributed by atoms with Crippen molar-refractivity contribution >= 4 is 11.8 Å². The summed E-state index contributed by atoms with van der Waals surface area (Å²) >= 11 is 2.08. The molecule has 1 saturated heterocycles. The van der Waals surface area contributed by atoms with Crippen molar-refractivity contribution in [3.05, 3.63) is 12.8 Å². The van der Waals surface area contributed by atoms with E-state index in [0.29, 0.717) is 0 Å². The van der Waals surface area contributed by atoms with Crippen molar-refractivity contribution in [1.82, 2.24) is 0 Å². The Morgan fingerprint density at radius 2 is 2.55 bits per heavy atom. The van der Waals surface area contributed by atoms with Gasteiger partial charge in [0.25, 0.3) is 0 Å². The van der Waals surface area contributed by atoms with Gasteiger partial charge in [0, 0.05) is 0 Å². The number of thioether (sulfide) groups is 1. The lowest BCUT2D eigenvalue weighted by Crippen LogP contribution is -1.99. The van der Waals surface area contributed by atoms with E-state index in [2.05, 4.69) is 18.3 Å². The van der Waals surface area contributed by atoms with Crippen LogP contribution in [0.25, 0.3) is 0 Å². The Labute approximate surface area is 73.2 Å². The Hall–Kier alpha value is -0.110. The highest BCUT2D eigenvalue weighted by molar-refractivity contribution is 7.99. The normalized spacial score (nSPS) is 23.5. The summed E-state index contributed by atoms with van der Waals surface area (Å²) in [5.41, 5.74) is 0. The van der Waals surface area contributed by atoms with E-state index in [9.17, 15) is 0 Å². The van der Waals surface area contributed by atoms with Crippen LogP contribution in [0.5, 0.6) is 0 Å². The second kappa shape index (κ2) is 5.53. The summed E-state index contributed by atoms with van der Waals surface area (Å²) < 4.78 is 5.05. The van der Waals surface area contributed by atoms with E-state index in [1.54, 1.807) is 0 Å². The summed E-state index contributed by atoms with van der Waals surface area (Å²) in [6.45, 7) is 4.36. The van der Waals surface area contributed by atoms with E-state index in [-0.39, 0.29) is 0 Å². The van der Waals surface area contributed by atoms with Crippen LogP contribution in [0.1, 0.15) is 19.3 Å². The van der Waals surface area contributed by atoms with Gasteiger partial charge in [-0.25, -0.2) is 0 Å². The fourth-order valence-corrected chi connectivity index (χ4v) is 2.68. The maximum atomic E-state index is 5.05. The molecule has 0 radical (unpaired) electrons. The van der Waals surface area contributed by atoms with E-state index < -0.39 is 0 Å². The topological polar surface area (TPSA) is 9.23 Å². The molecular weight excluding hydrogens is 156 g/mol. The molecule has 2 heteroatoms. The van der Waals surface area contributed by atoms with Gasteiger partial charge in [-0.3, -0.25) is 0 Å². The molecule has 0 aliphatic carbocycles. The van der Waals surface area contributed by atoms with Gasteiger partial charge in [0.2, 0.25) is 0 Å². The Morgan fingerprint density at radius 1 is 1.64 bits per heavy atom. The minimum absolute atomic E-state index is 0.852. The van der Waals surface area contributed by atoms with Crippen LogP contribution in [0.3, 0.4) is 0 Å². The second-order valence-corrected chi connectivity index (χ2v) is 4.06. The SMILES string of the molecule is C=COCCCC1CCSC1. The van der Waals surface area contributed by atoms with E-state index in [1.165, 1.54) is 37.0 Å². The molecule has 0 aromatic heterocycles. The van der Waals surface area contributed by atoms with Gasteiger partial charge in [0.1, 0.15) is 0 Å². The van der Waals surface area contributed by atoms with E-state index in [0.717, 1.165) is 12.5 Å². The Balaban J connectivity index is 1.89. The average molecular weight is 172 g/mol. The second-order valence-electron chi connectivity index (χ2n) is 2.91. The minimum Gasteiger partial charge on any atom is -0.502 e. The molecule has 1 aliphatic heterocycles. The number of ether oxygens (including phenoxy) is 1. The van der Waals surface area contributed by atoms with Crippen molar-refractivity contribution in [2.75, 3.05) is 18.1 Å². The fraction of sp³-hybridized carbons (Fsp3) is 0.778. The zero-order valence-corrected chi connectivity index (χ0v) is 7.74. The zero-order valence-electron chi connectivity index (χ0n) is 6.92. The number of hydrogen-bond donors (Lipinski definition) is 0. The molecule has 0 spiro atoms. The molecule has 1 unspecified atom stereocenters. The van der Waals surface area contributed by atoms with Gasteiger partial charge < -0.3 is 4.74 Å². The quantitative estimate of drug-likeness (QED) is 0.466. The van der Waals surface area contributed by atoms with Crippen LogP contribution < -0.4 is 0 Å². The summed E-state index contributed by atoms with van der Waals surface area (Å²) in [5, 5.41) is 0. The Morgan fingerprint density at radius 3 is 3.18 bits per heavy atom. The standard InChI is InChI=1S/C9H16OS/c1-2-10-6-3-4-9-5-7-11-8-9/h2,9H,1,3-8H2. The summed E-state index contributed by atoms with van der Waals surface area (Å²) in [7, 11) is 0. The molecule has 1 rings (SSSR count). The van der Waals surface area contributed by atoms with Gasteiger partial charge in [0.15, 0.2) is 0 Å². The number of rotatable bonds is 5. The van der Waals surface area contributed by atoms with E-state index >= 15 is 0 Å². The smallest absolute Gasteiger partial charge is 0.0873 e. The number of hydrogen-bond acceptors (Lipinski definition) is 2. The van der Waals surface area contributed by atoms with Crippen molar-refractivity contribution in [3.8, 4) is 0 Å². The molecule has 0 aromatic carbocycles. The lowest BCUT2D eigenvalue weighted by molar-refractivity contribution is 0.236. The fourth-order valence-electron chi connectivity index (χ4n) is 1.35. The maximum absolute atomic E-state index is 5.05. The first-order valence-corrected chi connectivity index (χ1v) is 5.39. The van der Waals surface area contributed by atoms with Crippen molar-refractivity contribution in [3.63, 3.8) is 0 Å². The molecule has 1 aliphatic rings.